The van der Waals surface area contributed by atoms with Gasteiger partial charge in [0.25, 0.3) is 5.91 Å². The van der Waals surface area contributed by atoms with Crippen LogP contribution >= 0.6 is 23.2 Å². The molecule has 3 amide bonds. The van der Waals surface area contributed by atoms with Gasteiger partial charge in [-0.2, -0.15) is 0 Å². The Bertz CT molecular complexity index is 1680. The Morgan fingerprint density at radius 1 is 1.07 bits per heavy atom. The van der Waals surface area contributed by atoms with Gasteiger partial charge in [-0.25, -0.2) is 4.79 Å². The van der Waals surface area contributed by atoms with Crippen LogP contribution in [0.3, 0.4) is 0 Å². The molecule has 0 saturated heterocycles. The van der Waals surface area contributed by atoms with Crippen molar-refractivity contribution in [1.82, 2.24) is 20.1 Å². The highest BCUT2D eigenvalue weighted by atomic mass is 35.5. The number of aromatic nitrogens is 1. The molecule has 1 aromatic heterocycles. The predicted octanol–water partition coefficient (Wildman–Crippen LogP) is 6.52. The van der Waals surface area contributed by atoms with E-state index in [1.165, 1.54) is 0 Å². The number of rotatable bonds is 8. The van der Waals surface area contributed by atoms with E-state index in [0.29, 0.717) is 40.9 Å². The monoisotopic (exact) mass is 619 g/mol. The zero-order chi connectivity index (χ0) is 30.7. The van der Waals surface area contributed by atoms with E-state index < -0.39 is 0 Å². The Hall–Kier alpha value is -3.85. The second-order valence-corrected chi connectivity index (χ2v) is 11.7. The molecule has 0 fully saturated rings. The highest BCUT2D eigenvalue weighted by molar-refractivity contribution is 6.42. The minimum Gasteiger partial charge on any atom is -0.496 e. The molecular formula is C33H35Cl2N5O3. The van der Waals surface area contributed by atoms with Crippen molar-refractivity contribution in [3.8, 4) is 5.75 Å². The molecule has 2 heterocycles. The van der Waals surface area contributed by atoms with Crippen molar-refractivity contribution in [2.45, 2.75) is 25.8 Å². The average Bonchev–Trinajstić information content (AvgIpc) is 2.98. The highest BCUT2D eigenvalue weighted by Crippen LogP contribution is 2.37. The Labute approximate surface area is 261 Å². The van der Waals surface area contributed by atoms with Crippen molar-refractivity contribution >= 4 is 51.7 Å². The second-order valence-electron chi connectivity index (χ2n) is 10.9. The van der Waals surface area contributed by atoms with Crippen LogP contribution < -0.4 is 15.4 Å². The molecular weight excluding hydrogens is 585 g/mol. The quantitative estimate of drug-likeness (QED) is 0.234. The zero-order valence-electron chi connectivity index (χ0n) is 24.7. The fourth-order valence-corrected chi connectivity index (χ4v) is 5.97. The molecule has 3 aromatic carbocycles. The molecule has 0 saturated carbocycles. The topological polar surface area (TPSA) is 86.8 Å². The van der Waals surface area contributed by atoms with Crippen molar-refractivity contribution in [2.24, 2.45) is 0 Å². The van der Waals surface area contributed by atoms with Crippen LogP contribution in [0.5, 0.6) is 5.75 Å². The number of halogens is 2. The molecule has 0 aliphatic carbocycles. The lowest BCUT2D eigenvalue weighted by molar-refractivity contribution is 0.0823. The lowest BCUT2D eigenvalue weighted by Crippen LogP contribution is -2.42. The molecule has 10 heteroatoms. The van der Waals surface area contributed by atoms with Gasteiger partial charge in [-0.1, -0.05) is 47.5 Å². The van der Waals surface area contributed by atoms with Gasteiger partial charge in [0.15, 0.2) is 0 Å². The summed E-state index contributed by atoms with van der Waals surface area (Å²) in [5.74, 6) is 0.443. The number of hydrogen-bond donors (Lipinski definition) is 2. The molecule has 0 radical (unpaired) electrons. The molecule has 5 rings (SSSR count). The first-order chi connectivity index (χ1) is 20.6. The predicted molar refractivity (Wildman–Crippen MR) is 173 cm³/mol. The van der Waals surface area contributed by atoms with Gasteiger partial charge in [0.2, 0.25) is 0 Å². The van der Waals surface area contributed by atoms with E-state index in [0.717, 1.165) is 51.9 Å². The van der Waals surface area contributed by atoms with Gasteiger partial charge in [0.05, 0.1) is 33.9 Å². The highest BCUT2D eigenvalue weighted by Gasteiger charge is 2.30. The van der Waals surface area contributed by atoms with Gasteiger partial charge in [0, 0.05) is 50.9 Å². The van der Waals surface area contributed by atoms with Crippen LogP contribution in [0.15, 0.2) is 60.7 Å². The van der Waals surface area contributed by atoms with Gasteiger partial charge < -0.3 is 20.3 Å². The third-order valence-electron chi connectivity index (χ3n) is 7.76. The molecule has 0 spiro atoms. The standard InChI is InChI=1S/C33H35Cl2N5O3/c1-20-15-29(23-7-5-6-8-28(23)37-20)38-33(42)36-12-14-40-13-11-22-18-31(43-4)25(32(41)39(2)3)19-24(22)30(40)17-21-9-10-26(34)27(35)16-21/h5-10,15-16,18-19,30H,11-14,17H2,1-4H3,(H2,36,37,38,42). The number of nitrogens with one attached hydrogen (secondary N) is 2. The van der Waals surface area contributed by atoms with Crippen LogP contribution in [0.25, 0.3) is 10.9 Å². The van der Waals surface area contributed by atoms with Gasteiger partial charge in [-0.05, 0) is 72.9 Å². The molecule has 1 aliphatic rings. The molecule has 2 N–H and O–H groups in total. The number of carbonyl (C=O) groups excluding carboxylic acids is 2. The number of para-hydroxylation sites is 1. The Morgan fingerprint density at radius 3 is 2.60 bits per heavy atom. The third kappa shape index (κ3) is 6.88. The molecule has 224 valence electrons. The molecule has 8 nitrogen and oxygen atoms in total. The van der Waals surface area contributed by atoms with E-state index in [9.17, 15) is 9.59 Å². The van der Waals surface area contributed by atoms with Crippen LogP contribution in [0.1, 0.15) is 38.8 Å². The summed E-state index contributed by atoms with van der Waals surface area (Å²) in [6.45, 7) is 3.73. The van der Waals surface area contributed by atoms with Crippen LogP contribution in [0.4, 0.5) is 10.5 Å². The number of fused-ring (bicyclic) bond motifs is 2. The van der Waals surface area contributed by atoms with Gasteiger partial charge in [0.1, 0.15) is 5.75 Å². The van der Waals surface area contributed by atoms with E-state index in [4.69, 9.17) is 27.9 Å². The molecule has 43 heavy (non-hydrogen) atoms. The second kappa shape index (κ2) is 13.2. The lowest BCUT2D eigenvalue weighted by Gasteiger charge is -2.38. The molecule has 0 bridgehead atoms. The first-order valence-electron chi connectivity index (χ1n) is 14.2. The number of nitrogens with zero attached hydrogens (tertiary/aromatic N) is 3. The first kappa shape index (κ1) is 30.6. The Balaban J connectivity index is 1.37. The maximum atomic E-state index is 13.1. The van der Waals surface area contributed by atoms with Crippen molar-refractivity contribution in [3.63, 3.8) is 0 Å². The Morgan fingerprint density at radius 2 is 1.86 bits per heavy atom. The fourth-order valence-electron chi connectivity index (χ4n) is 5.65. The van der Waals surface area contributed by atoms with E-state index in [-0.39, 0.29) is 18.0 Å². The molecule has 4 aromatic rings. The molecule has 1 unspecified atom stereocenters. The van der Waals surface area contributed by atoms with Crippen LogP contribution in [0.2, 0.25) is 10.0 Å². The smallest absolute Gasteiger partial charge is 0.319 e. The first-order valence-corrected chi connectivity index (χ1v) is 14.9. The number of urea groups is 1. The van der Waals surface area contributed by atoms with Gasteiger partial charge in [-0.3, -0.25) is 14.7 Å². The van der Waals surface area contributed by atoms with E-state index in [2.05, 4.69) is 20.5 Å². The molecule has 1 aliphatic heterocycles. The summed E-state index contributed by atoms with van der Waals surface area (Å²) < 4.78 is 5.61. The van der Waals surface area contributed by atoms with Crippen LogP contribution in [0, 0.1) is 6.92 Å². The summed E-state index contributed by atoms with van der Waals surface area (Å²) in [6, 6.07) is 18.9. The largest absolute Gasteiger partial charge is 0.496 e. The number of pyridine rings is 1. The SMILES string of the molecule is COc1cc2c(cc1C(=O)N(C)C)C(Cc1ccc(Cl)c(Cl)c1)N(CCNC(=O)Nc1cc(C)nc3ccccc13)CC2. The van der Waals surface area contributed by atoms with E-state index >= 15 is 0 Å². The fraction of sp³-hybridized carbons (Fsp3) is 0.303. The number of ether oxygens (including phenoxy) is 1. The third-order valence-corrected chi connectivity index (χ3v) is 8.50. The van der Waals surface area contributed by atoms with Crippen LogP contribution in [-0.4, -0.2) is 67.6 Å². The molecule has 1 atom stereocenters. The number of benzene rings is 3. The maximum absolute atomic E-state index is 13.1. The number of aryl methyl sites for hydroxylation is 1. The minimum absolute atomic E-state index is 0.0581. The van der Waals surface area contributed by atoms with E-state index in [1.54, 1.807) is 32.2 Å². The summed E-state index contributed by atoms with van der Waals surface area (Å²) in [5, 5.41) is 7.90. The number of amides is 3. The van der Waals surface area contributed by atoms with Crippen molar-refractivity contribution in [3.05, 3.63) is 98.7 Å². The van der Waals surface area contributed by atoms with Crippen LogP contribution in [-0.2, 0) is 12.8 Å². The minimum atomic E-state index is -0.280. The van der Waals surface area contributed by atoms with Gasteiger partial charge in [-0.15, -0.1) is 0 Å². The number of hydrogen-bond acceptors (Lipinski definition) is 5. The number of carbonyl (C=O) groups is 2. The summed E-state index contributed by atoms with van der Waals surface area (Å²) in [4.78, 5) is 34.5. The van der Waals surface area contributed by atoms with E-state index in [1.807, 2.05) is 61.5 Å². The average molecular weight is 621 g/mol. The van der Waals surface area contributed by atoms with Gasteiger partial charge >= 0.3 is 6.03 Å². The summed E-state index contributed by atoms with van der Waals surface area (Å²) in [5.41, 5.74) is 6.12. The summed E-state index contributed by atoms with van der Waals surface area (Å²) in [6.07, 6.45) is 1.44. The normalized spacial score (nSPS) is 14.7. The summed E-state index contributed by atoms with van der Waals surface area (Å²) >= 11 is 12.6. The Kier molecular flexibility index (Phi) is 9.40. The number of anilines is 1. The van der Waals surface area contributed by atoms with Crippen molar-refractivity contribution in [1.29, 1.82) is 0 Å². The number of methoxy groups -OCH3 is 1. The summed E-state index contributed by atoms with van der Waals surface area (Å²) in [7, 11) is 5.05. The zero-order valence-corrected chi connectivity index (χ0v) is 26.2. The van der Waals surface area contributed by atoms with Crippen molar-refractivity contribution in [2.75, 3.05) is 46.2 Å². The van der Waals surface area contributed by atoms with Crippen molar-refractivity contribution < 1.29 is 14.3 Å². The maximum Gasteiger partial charge on any atom is 0.319 e. The lowest BCUT2D eigenvalue weighted by atomic mass is 9.86.